The zero-order valence-corrected chi connectivity index (χ0v) is 15.8. The van der Waals surface area contributed by atoms with Crippen LogP contribution in [-0.2, 0) is 0 Å². The number of carbonyl (C=O) groups is 2. The molecule has 0 fully saturated rings. The van der Waals surface area contributed by atoms with Gasteiger partial charge >= 0.3 is 5.97 Å². The number of ketones is 1. The van der Waals surface area contributed by atoms with Crippen LogP contribution in [-0.4, -0.2) is 11.8 Å². The predicted octanol–water partition coefficient (Wildman–Crippen LogP) is 5.83. The van der Waals surface area contributed by atoms with Gasteiger partial charge in [0, 0.05) is 16.1 Å². The molecular formula is C22H12Cl2O4. The number of fused-ring (bicyclic) bond motifs is 1. The lowest BCUT2D eigenvalue weighted by atomic mass is 10.1. The molecule has 138 valence electrons. The van der Waals surface area contributed by atoms with Gasteiger partial charge in [0.15, 0.2) is 5.76 Å². The molecule has 28 heavy (non-hydrogen) atoms. The van der Waals surface area contributed by atoms with Crippen molar-refractivity contribution >= 4 is 41.0 Å². The molecule has 0 unspecified atom stereocenters. The molecule has 1 aliphatic heterocycles. The molecule has 0 bridgehead atoms. The minimum atomic E-state index is -0.530. The second kappa shape index (κ2) is 7.50. The summed E-state index contributed by atoms with van der Waals surface area (Å²) in [5, 5.41) is 1.14. The fourth-order valence-corrected chi connectivity index (χ4v) is 2.95. The third-order valence-electron chi connectivity index (χ3n) is 4.10. The molecule has 0 aromatic heterocycles. The lowest BCUT2D eigenvalue weighted by Gasteiger charge is -2.05. The summed E-state index contributed by atoms with van der Waals surface area (Å²) in [6.45, 7) is 0. The number of esters is 1. The van der Waals surface area contributed by atoms with Crippen LogP contribution >= 0.6 is 23.2 Å². The highest BCUT2D eigenvalue weighted by Gasteiger charge is 2.28. The van der Waals surface area contributed by atoms with E-state index in [1.54, 1.807) is 66.7 Å². The third kappa shape index (κ3) is 3.79. The molecule has 0 N–H and O–H groups in total. The summed E-state index contributed by atoms with van der Waals surface area (Å²) < 4.78 is 11.0. The van der Waals surface area contributed by atoms with Crippen LogP contribution in [0.4, 0.5) is 0 Å². The van der Waals surface area contributed by atoms with Gasteiger partial charge in [0.05, 0.1) is 11.1 Å². The molecule has 4 rings (SSSR count). The van der Waals surface area contributed by atoms with Crippen molar-refractivity contribution in [3.05, 3.63) is 99.2 Å². The molecule has 4 nitrogen and oxygen atoms in total. The summed E-state index contributed by atoms with van der Waals surface area (Å²) >= 11 is 11.7. The van der Waals surface area contributed by atoms with Gasteiger partial charge in [0.1, 0.15) is 11.5 Å². The Labute approximate surface area is 170 Å². The Balaban J connectivity index is 1.54. The average molecular weight is 411 g/mol. The lowest BCUT2D eigenvalue weighted by molar-refractivity contribution is 0.0734. The number of rotatable bonds is 3. The van der Waals surface area contributed by atoms with E-state index in [2.05, 4.69) is 0 Å². The quantitative estimate of drug-likeness (QED) is 0.309. The second-order valence-corrected chi connectivity index (χ2v) is 6.92. The molecule has 1 aliphatic rings. The van der Waals surface area contributed by atoms with Gasteiger partial charge in [-0.15, -0.1) is 0 Å². The first-order valence-electron chi connectivity index (χ1n) is 8.31. The van der Waals surface area contributed by atoms with Gasteiger partial charge in [-0.1, -0.05) is 35.3 Å². The van der Waals surface area contributed by atoms with Crippen LogP contribution in [0.2, 0.25) is 10.0 Å². The van der Waals surface area contributed by atoms with Crippen molar-refractivity contribution in [3.63, 3.8) is 0 Å². The van der Waals surface area contributed by atoms with E-state index in [4.69, 9.17) is 32.7 Å². The van der Waals surface area contributed by atoms with Crippen molar-refractivity contribution in [2.75, 3.05) is 0 Å². The van der Waals surface area contributed by atoms with Crippen molar-refractivity contribution in [1.29, 1.82) is 0 Å². The van der Waals surface area contributed by atoms with E-state index in [-0.39, 0.29) is 17.3 Å². The van der Waals surface area contributed by atoms with Crippen LogP contribution < -0.4 is 9.47 Å². The Kier molecular flexibility index (Phi) is 4.90. The number of allylic oxidation sites excluding steroid dienone is 1. The van der Waals surface area contributed by atoms with Gasteiger partial charge in [0.2, 0.25) is 5.78 Å². The first kappa shape index (κ1) is 18.3. The van der Waals surface area contributed by atoms with E-state index < -0.39 is 5.97 Å². The Morgan fingerprint density at radius 1 is 0.893 bits per heavy atom. The molecule has 0 spiro atoms. The van der Waals surface area contributed by atoms with Crippen LogP contribution in [0, 0.1) is 0 Å². The largest absolute Gasteiger partial charge is 0.452 e. The first-order chi connectivity index (χ1) is 13.5. The molecule has 6 heteroatoms. The van der Waals surface area contributed by atoms with Gasteiger partial charge < -0.3 is 9.47 Å². The summed E-state index contributed by atoms with van der Waals surface area (Å²) in [6, 6.07) is 18.0. The van der Waals surface area contributed by atoms with Crippen LogP contribution in [0.15, 0.2) is 72.5 Å². The zero-order chi connectivity index (χ0) is 19.7. The van der Waals surface area contributed by atoms with E-state index in [0.29, 0.717) is 26.9 Å². The maximum absolute atomic E-state index is 12.5. The molecule has 0 aliphatic carbocycles. The number of benzene rings is 3. The Bertz CT molecular complexity index is 1100. The first-order valence-corrected chi connectivity index (χ1v) is 9.07. The number of hydrogen-bond donors (Lipinski definition) is 0. The van der Waals surface area contributed by atoms with Crippen LogP contribution in [0.5, 0.6) is 11.5 Å². The molecule has 3 aromatic carbocycles. The third-order valence-corrected chi connectivity index (χ3v) is 4.60. The molecule has 0 saturated carbocycles. The van der Waals surface area contributed by atoms with Crippen molar-refractivity contribution in [3.8, 4) is 11.5 Å². The molecular weight excluding hydrogens is 399 g/mol. The highest BCUT2D eigenvalue weighted by atomic mass is 35.5. The smallest absolute Gasteiger partial charge is 0.343 e. The van der Waals surface area contributed by atoms with E-state index in [1.165, 1.54) is 6.07 Å². The predicted molar refractivity (Wildman–Crippen MR) is 107 cm³/mol. The highest BCUT2D eigenvalue weighted by Crippen LogP contribution is 2.35. The maximum atomic E-state index is 12.5. The molecule has 0 amide bonds. The summed E-state index contributed by atoms with van der Waals surface area (Å²) in [5.74, 6) is 0.0442. The minimum Gasteiger partial charge on any atom is -0.452 e. The maximum Gasteiger partial charge on any atom is 0.343 e. The second-order valence-electron chi connectivity index (χ2n) is 6.05. The number of halogens is 2. The van der Waals surface area contributed by atoms with Gasteiger partial charge in [-0.05, 0) is 60.2 Å². The monoisotopic (exact) mass is 410 g/mol. The number of Topliss-reactive ketones (excluding diaryl/α,β-unsaturated/α-hetero) is 1. The summed E-state index contributed by atoms with van der Waals surface area (Å²) in [4.78, 5) is 24.7. The van der Waals surface area contributed by atoms with Gasteiger partial charge in [-0.2, -0.15) is 0 Å². The summed E-state index contributed by atoms with van der Waals surface area (Å²) in [7, 11) is 0. The molecule has 0 radical (unpaired) electrons. The Morgan fingerprint density at radius 2 is 1.54 bits per heavy atom. The Hall–Kier alpha value is -3.08. The highest BCUT2D eigenvalue weighted by molar-refractivity contribution is 6.31. The molecule has 0 saturated heterocycles. The van der Waals surface area contributed by atoms with Gasteiger partial charge in [-0.3, -0.25) is 4.79 Å². The van der Waals surface area contributed by atoms with Crippen LogP contribution in [0.1, 0.15) is 26.3 Å². The molecule has 1 heterocycles. The van der Waals surface area contributed by atoms with E-state index in [0.717, 1.165) is 5.56 Å². The molecule has 0 atom stereocenters. The summed E-state index contributed by atoms with van der Waals surface area (Å²) in [5.41, 5.74) is 1.56. The Morgan fingerprint density at radius 3 is 2.21 bits per heavy atom. The molecule has 3 aromatic rings. The zero-order valence-electron chi connectivity index (χ0n) is 14.3. The normalized spacial score (nSPS) is 13.9. The van der Waals surface area contributed by atoms with Crippen molar-refractivity contribution < 1.29 is 19.1 Å². The number of ether oxygens (including phenoxy) is 2. The summed E-state index contributed by atoms with van der Waals surface area (Å²) in [6.07, 6.45) is 1.64. The fourth-order valence-electron chi connectivity index (χ4n) is 2.69. The minimum absolute atomic E-state index is 0.193. The van der Waals surface area contributed by atoms with Gasteiger partial charge in [-0.25, -0.2) is 4.79 Å². The SMILES string of the molecule is O=C(Oc1ccc2c(c1)O/C(=C\c1ccc(Cl)cc1)C2=O)c1ccc(Cl)cc1. The van der Waals surface area contributed by atoms with Crippen molar-refractivity contribution in [1.82, 2.24) is 0 Å². The standard InChI is InChI=1S/C22H12Cl2O4/c23-15-5-1-13(2-6-15)11-20-21(25)18-10-9-17(12-19(18)28-20)27-22(26)14-3-7-16(24)8-4-14/h1-12H/b20-11-. The average Bonchev–Trinajstić information content (AvgIpc) is 2.99. The van der Waals surface area contributed by atoms with Crippen LogP contribution in [0.3, 0.4) is 0 Å². The van der Waals surface area contributed by atoms with E-state index >= 15 is 0 Å². The topological polar surface area (TPSA) is 52.6 Å². The lowest BCUT2D eigenvalue weighted by Crippen LogP contribution is -2.08. The number of carbonyl (C=O) groups excluding carboxylic acids is 2. The van der Waals surface area contributed by atoms with Gasteiger partial charge in [0.25, 0.3) is 0 Å². The van der Waals surface area contributed by atoms with Crippen molar-refractivity contribution in [2.45, 2.75) is 0 Å². The van der Waals surface area contributed by atoms with Crippen LogP contribution in [0.25, 0.3) is 6.08 Å². The fraction of sp³-hybridized carbons (Fsp3) is 0. The van der Waals surface area contributed by atoms with E-state index in [1.807, 2.05) is 0 Å². The number of hydrogen-bond acceptors (Lipinski definition) is 4. The van der Waals surface area contributed by atoms with Crippen molar-refractivity contribution in [2.24, 2.45) is 0 Å². The van der Waals surface area contributed by atoms with E-state index in [9.17, 15) is 9.59 Å².